The van der Waals surface area contributed by atoms with Crippen molar-refractivity contribution in [1.29, 1.82) is 0 Å². The van der Waals surface area contributed by atoms with E-state index in [1.807, 2.05) is 62.5 Å². The Balaban J connectivity index is 1.86. The van der Waals surface area contributed by atoms with Gasteiger partial charge < -0.3 is 9.47 Å². The van der Waals surface area contributed by atoms with Crippen molar-refractivity contribution in [1.82, 2.24) is 9.47 Å². The Morgan fingerprint density at radius 3 is 2.43 bits per heavy atom. The molecule has 0 aliphatic rings. The number of carbonyl (C=O) groups is 1. The molecule has 0 aliphatic heterocycles. The van der Waals surface area contributed by atoms with Gasteiger partial charge in [0.05, 0.1) is 12.1 Å². The van der Waals surface area contributed by atoms with Crippen LogP contribution in [-0.2, 0) is 19.3 Å². The predicted molar refractivity (Wildman–Crippen MR) is 111 cm³/mol. The molecular weight excluding hydrogens is 389 g/mol. The highest BCUT2D eigenvalue weighted by Crippen LogP contribution is 2.30. The predicted octanol–water partition coefficient (Wildman–Crippen LogP) is 6.00. The van der Waals surface area contributed by atoms with Gasteiger partial charge in [0.2, 0.25) is 0 Å². The lowest BCUT2D eigenvalue weighted by Crippen LogP contribution is -2.38. The van der Waals surface area contributed by atoms with E-state index in [1.165, 1.54) is 12.1 Å². The maximum atomic E-state index is 13.2. The minimum absolute atomic E-state index is 0.0475. The summed E-state index contributed by atoms with van der Waals surface area (Å²) in [5, 5.41) is 0. The summed E-state index contributed by atoms with van der Waals surface area (Å²) in [4.78, 5) is 14.8. The molecule has 30 heavy (non-hydrogen) atoms. The van der Waals surface area contributed by atoms with Crippen LogP contribution in [0.3, 0.4) is 0 Å². The van der Waals surface area contributed by atoms with Gasteiger partial charge in [0.15, 0.2) is 0 Å². The summed E-state index contributed by atoms with van der Waals surface area (Å²) in [7, 11) is 0. The van der Waals surface area contributed by atoms with Crippen molar-refractivity contribution < 1.29 is 18.0 Å². The summed E-state index contributed by atoms with van der Waals surface area (Å²) < 4.78 is 41.3. The first-order valence-corrected chi connectivity index (χ1v) is 9.95. The molecule has 6 heteroatoms. The number of rotatable bonds is 7. The third kappa shape index (κ3) is 5.12. The van der Waals surface area contributed by atoms with Crippen LogP contribution in [0.2, 0.25) is 0 Å². The number of benzene rings is 2. The summed E-state index contributed by atoms with van der Waals surface area (Å²) in [6.07, 6.45) is -1.84. The number of carbonyl (C=O) groups excluding carboxylic acids is 1. The number of hydrogen-bond donors (Lipinski definition) is 0. The molecule has 0 spiro atoms. The highest BCUT2D eigenvalue weighted by Gasteiger charge is 2.31. The molecule has 1 atom stereocenters. The highest BCUT2D eigenvalue weighted by molar-refractivity contribution is 5.94. The average Bonchev–Trinajstić information content (AvgIpc) is 3.17. The van der Waals surface area contributed by atoms with Crippen LogP contribution >= 0.6 is 0 Å². The lowest BCUT2D eigenvalue weighted by atomic mass is 10.1. The molecule has 1 unspecified atom stereocenters. The van der Waals surface area contributed by atoms with Crippen LogP contribution in [0.15, 0.2) is 72.9 Å². The van der Waals surface area contributed by atoms with Crippen molar-refractivity contribution in [3.8, 4) is 0 Å². The second-order valence-electron chi connectivity index (χ2n) is 7.38. The fourth-order valence-electron chi connectivity index (χ4n) is 3.34. The Morgan fingerprint density at radius 1 is 1.03 bits per heavy atom. The van der Waals surface area contributed by atoms with Crippen LogP contribution in [0, 0.1) is 0 Å². The third-order valence-electron chi connectivity index (χ3n) is 5.27. The minimum Gasteiger partial charge on any atom is -0.345 e. The van der Waals surface area contributed by atoms with Gasteiger partial charge in [-0.25, -0.2) is 0 Å². The van der Waals surface area contributed by atoms with Gasteiger partial charge in [-0.05, 0) is 49.2 Å². The van der Waals surface area contributed by atoms with E-state index in [4.69, 9.17) is 0 Å². The maximum Gasteiger partial charge on any atom is 0.416 e. The number of halogens is 3. The van der Waals surface area contributed by atoms with E-state index in [0.29, 0.717) is 19.5 Å². The molecular formula is C24H25F3N2O. The van der Waals surface area contributed by atoms with E-state index in [1.54, 1.807) is 4.90 Å². The van der Waals surface area contributed by atoms with Gasteiger partial charge >= 0.3 is 6.18 Å². The second-order valence-corrected chi connectivity index (χ2v) is 7.38. The molecule has 0 bridgehead atoms. The zero-order valence-corrected chi connectivity index (χ0v) is 17.1. The minimum atomic E-state index is -4.48. The van der Waals surface area contributed by atoms with Crippen molar-refractivity contribution >= 4 is 5.91 Å². The van der Waals surface area contributed by atoms with E-state index >= 15 is 0 Å². The van der Waals surface area contributed by atoms with E-state index in [2.05, 4.69) is 4.57 Å². The van der Waals surface area contributed by atoms with Crippen LogP contribution < -0.4 is 0 Å². The van der Waals surface area contributed by atoms with Crippen LogP contribution in [0.5, 0.6) is 0 Å². The molecule has 3 nitrogen and oxygen atoms in total. The monoisotopic (exact) mass is 414 g/mol. The summed E-state index contributed by atoms with van der Waals surface area (Å²) in [5.74, 6) is -0.400. The topological polar surface area (TPSA) is 25.2 Å². The fourth-order valence-corrected chi connectivity index (χ4v) is 3.34. The van der Waals surface area contributed by atoms with E-state index < -0.39 is 17.6 Å². The Morgan fingerprint density at radius 2 is 1.77 bits per heavy atom. The first-order chi connectivity index (χ1) is 14.3. The number of nitrogens with zero attached hydrogens (tertiary/aromatic N) is 2. The number of alkyl halides is 3. The molecule has 1 aromatic heterocycles. The average molecular weight is 414 g/mol. The van der Waals surface area contributed by atoms with Gasteiger partial charge in [0, 0.05) is 30.0 Å². The van der Waals surface area contributed by atoms with Crippen LogP contribution in [0.1, 0.15) is 47.4 Å². The van der Waals surface area contributed by atoms with Crippen molar-refractivity contribution in [2.75, 3.05) is 0 Å². The summed E-state index contributed by atoms with van der Waals surface area (Å²) in [5.41, 5.74) is 1.30. The Bertz CT molecular complexity index is 979. The molecule has 3 rings (SSSR count). The van der Waals surface area contributed by atoms with Crippen molar-refractivity contribution in [3.63, 3.8) is 0 Å². The summed E-state index contributed by atoms with van der Waals surface area (Å²) in [6, 6.07) is 18.3. The van der Waals surface area contributed by atoms with Crippen molar-refractivity contribution in [2.45, 2.75) is 45.6 Å². The van der Waals surface area contributed by atoms with Crippen molar-refractivity contribution in [2.24, 2.45) is 0 Å². The standard InChI is InChI=1S/C24H25F3N2O/c1-3-18(2)29(23(30)20-11-7-12-21(15-20)24(25,26)27)17-22-13-8-14-28(22)16-19-9-5-4-6-10-19/h4-15,18H,3,16-17H2,1-2H3. The molecule has 0 fully saturated rings. The molecule has 3 aromatic rings. The van der Waals surface area contributed by atoms with Gasteiger partial charge in [-0.15, -0.1) is 0 Å². The number of hydrogen-bond acceptors (Lipinski definition) is 1. The van der Waals surface area contributed by atoms with Gasteiger partial charge in [0.25, 0.3) is 5.91 Å². The first-order valence-electron chi connectivity index (χ1n) is 9.95. The lowest BCUT2D eigenvalue weighted by molar-refractivity contribution is -0.137. The van der Waals surface area contributed by atoms with Crippen LogP contribution in [-0.4, -0.2) is 21.4 Å². The van der Waals surface area contributed by atoms with Crippen LogP contribution in [0.4, 0.5) is 13.2 Å². The zero-order valence-electron chi connectivity index (χ0n) is 17.1. The normalized spacial score (nSPS) is 12.6. The van der Waals surface area contributed by atoms with E-state index in [9.17, 15) is 18.0 Å². The fraction of sp³-hybridized carbons (Fsp3) is 0.292. The molecule has 0 radical (unpaired) electrons. The highest BCUT2D eigenvalue weighted by atomic mass is 19.4. The summed E-state index contributed by atoms with van der Waals surface area (Å²) in [6.45, 7) is 4.86. The Labute approximate surface area is 174 Å². The Hall–Kier alpha value is -3.02. The van der Waals surface area contributed by atoms with E-state index in [0.717, 1.165) is 23.4 Å². The molecule has 0 saturated carbocycles. The number of aromatic nitrogens is 1. The largest absolute Gasteiger partial charge is 0.416 e. The zero-order chi connectivity index (χ0) is 21.7. The smallest absolute Gasteiger partial charge is 0.345 e. The maximum absolute atomic E-state index is 13.2. The first kappa shape index (κ1) is 21.7. The quantitative estimate of drug-likeness (QED) is 0.466. The van der Waals surface area contributed by atoms with Gasteiger partial charge in [0.1, 0.15) is 0 Å². The molecule has 0 N–H and O–H groups in total. The van der Waals surface area contributed by atoms with Crippen LogP contribution in [0.25, 0.3) is 0 Å². The molecule has 1 heterocycles. The molecule has 0 aliphatic carbocycles. The van der Waals surface area contributed by atoms with Gasteiger partial charge in [-0.2, -0.15) is 13.2 Å². The van der Waals surface area contributed by atoms with Gasteiger partial charge in [-0.1, -0.05) is 43.3 Å². The molecule has 158 valence electrons. The molecule has 2 aromatic carbocycles. The van der Waals surface area contributed by atoms with Gasteiger partial charge in [-0.3, -0.25) is 4.79 Å². The second kappa shape index (κ2) is 9.20. The third-order valence-corrected chi connectivity index (χ3v) is 5.27. The van der Waals surface area contributed by atoms with Crippen molar-refractivity contribution in [3.05, 3.63) is 95.3 Å². The molecule has 1 amide bonds. The molecule has 0 saturated heterocycles. The SMILES string of the molecule is CCC(C)N(Cc1cccn1Cc1ccccc1)C(=O)c1cccc(C(F)(F)F)c1. The van der Waals surface area contributed by atoms with E-state index in [-0.39, 0.29) is 11.6 Å². The number of amides is 1. The lowest BCUT2D eigenvalue weighted by Gasteiger charge is -2.29. The Kier molecular flexibility index (Phi) is 6.65. The summed E-state index contributed by atoms with van der Waals surface area (Å²) >= 11 is 0.